The number of carbonyl (C=O) groups is 1. The monoisotopic (exact) mass is 363 g/mol. The number of thioether (sulfide) groups is 1. The van der Waals surface area contributed by atoms with Crippen molar-refractivity contribution in [2.45, 2.75) is 26.5 Å². The molecule has 4 nitrogen and oxygen atoms in total. The third-order valence-corrected chi connectivity index (χ3v) is 5.48. The summed E-state index contributed by atoms with van der Waals surface area (Å²) >= 11 is 3.26. The number of aromatic nitrogens is 1. The second-order valence-electron chi connectivity index (χ2n) is 5.57. The topological polar surface area (TPSA) is 45.2 Å². The molecule has 1 aromatic heterocycles. The lowest BCUT2D eigenvalue weighted by atomic mass is 10.2. The highest BCUT2D eigenvalue weighted by atomic mass is 32.2. The fraction of sp³-hybridized carbons (Fsp3) is 0.444. The predicted molar refractivity (Wildman–Crippen MR) is 105 cm³/mol. The molecule has 0 radical (unpaired) electrons. The number of nitrogens with one attached hydrogen (secondary N) is 1. The maximum atomic E-state index is 11.9. The van der Waals surface area contributed by atoms with E-state index in [1.54, 1.807) is 23.1 Å². The van der Waals surface area contributed by atoms with E-state index < -0.39 is 0 Å². The number of hydrogen-bond acceptors (Lipinski definition) is 5. The Hall–Kier alpha value is -1.53. The SMILES string of the molecule is CCN(CCNC(=O)CSCc1csc(C)n1)c1ccccc1C. The molecule has 24 heavy (non-hydrogen) atoms. The molecule has 0 aliphatic heterocycles. The van der Waals surface area contributed by atoms with Crippen molar-refractivity contribution < 1.29 is 4.79 Å². The normalized spacial score (nSPS) is 10.6. The lowest BCUT2D eigenvalue weighted by Crippen LogP contribution is -2.36. The standard InChI is InChI=1S/C18H25N3OS2/c1-4-21(17-8-6-5-7-14(17)2)10-9-19-18(22)13-23-11-16-12-24-15(3)20-16/h5-8,12H,4,9-11,13H2,1-3H3,(H,19,22). The van der Waals surface area contributed by atoms with Crippen LogP contribution in [0.3, 0.4) is 0 Å². The molecule has 1 amide bonds. The number of para-hydroxylation sites is 1. The van der Waals surface area contributed by atoms with Gasteiger partial charge in [0, 0.05) is 36.5 Å². The molecule has 0 saturated carbocycles. The summed E-state index contributed by atoms with van der Waals surface area (Å²) < 4.78 is 0. The number of anilines is 1. The average molecular weight is 364 g/mol. The molecule has 1 heterocycles. The number of nitrogens with zero attached hydrogens (tertiary/aromatic N) is 2. The second kappa shape index (κ2) is 9.69. The van der Waals surface area contributed by atoms with Crippen LogP contribution in [0.5, 0.6) is 0 Å². The first-order valence-corrected chi connectivity index (χ1v) is 10.2. The highest BCUT2D eigenvalue weighted by molar-refractivity contribution is 7.99. The van der Waals surface area contributed by atoms with Crippen molar-refractivity contribution in [3.63, 3.8) is 0 Å². The van der Waals surface area contributed by atoms with E-state index in [0.29, 0.717) is 12.3 Å². The molecule has 0 aliphatic carbocycles. The van der Waals surface area contributed by atoms with Crippen LogP contribution < -0.4 is 10.2 Å². The Kier molecular flexibility index (Phi) is 7.59. The number of carbonyl (C=O) groups excluding carboxylic acids is 1. The zero-order valence-electron chi connectivity index (χ0n) is 14.5. The Morgan fingerprint density at radius 1 is 1.33 bits per heavy atom. The van der Waals surface area contributed by atoms with Crippen LogP contribution in [-0.2, 0) is 10.5 Å². The van der Waals surface area contributed by atoms with Crippen LogP contribution in [0.15, 0.2) is 29.6 Å². The summed E-state index contributed by atoms with van der Waals surface area (Å²) in [6.45, 7) is 8.67. The Balaban J connectivity index is 1.68. The van der Waals surface area contributed by atoms with Gasteiger partial charge in [0.1, 0.15) is 0 Å². The highest BCUT2D eigenvalue weighted by Crippen LogP contribution is 2.18. The van der Waals surface area contributed by atoms with Gasteiger partial charge in [0.05, 0.1) is 16.5 Å². The van der Waals surface area contributed by atoms with E-state index in [-0.39, 0.29) is 5.91 Å². The van der Waals surface area contributed by atoms with Crippen molar-refractivity contribution in [2.75, 3.05) is 30.3 Å². The van der Waals surface area contributed by atoms with Gasteiger partial charge in [-0.1, -0.05) is 18.2 Å². The Bertz CT molecular complexity index is 657. The first kappa shape index (κ1) is 18.8. The van der Waals surface area contributed by atoms with E-state index in [9.17, 15) is 4.79 Å². The largest absolute Gasteiger partial charge is 0.370 e. The van der Waals surface area contributed by atoms with Crippen LogP contribution in [0, 0.1) is 13.8 Å². The molecular weight excluding hydrogens is 338 g/mol. The molecule has 0 spiro atoms. The fourth-order valence-electron chi connectivity index (χ4n) is 2.47. The zero-order chi connectivity index (χ0) is 17.4. The molecule has 0 aliphatic rings. The van der Waals surface area contributed by atoms with Gasteiger partial charge in [-0.15, -0.1) is 23.1 Å². The van der Waals surface area contributed by atoms with Crippen LogP contribution in [0.1, 0.15) is 23.2 Å². The van der Waals surface area contributed by atoms with Crippen molar-refractivity contribution in [1.29, 1.82) is 0 Å². The molecule has 0 bridgehead atoms. The van der Waals surface area contributed by atoms with Gasteiger partial charge in [-0.05, 0) is 32.4 Å². The van der Waals surface area contributed by atoms with Crippen molar-refractivity contribution in [3.05, 3.63) is 45.9 Å². The maximum Gasteiger partial charge on any atom is 0.230 e. The molecule has 1 aromatic carbocycles. The highest BCUT2D eigenvalue weighted by Gasteiger charge is 2.08. The summed E-state index contributed by atoms with van der Waals surface area (Å²) in [5.41, 5.74) is 3.56. The minimum absolute atomic E-state index is 0.0905. The second-order valence-corrected chi connectivity index (χ2v) is 7.61. The van der Waals surface area contributed by atoms with Crippen LogP contribution in [-0.4, -0.2) is 36.3 Å². The van der Waals surface area contributed by atoms with Gasteiger partial charge in [0.25, 0.3) is 0 Å². The van der Waals surface area contributed by atoms with Gasteiger partial charge in [-0.25, -0.2) is 4.98 Å². The van der Waals surface area contributed by atoms with Gasteiger partial charge in [0.15, 0.2) is 0 Å². The van der Waals surface area contributed by atoms with E-state index in [4.69, 9.17) is 0 Å². The minimum Gasteiger partial charge on any atom is -0.370 e. The Morgan fingerprint density at radius 3 is 2.79 bits per heavy atom. The molecular formula is C18H25N3OS2. The molecule has 0 unspecified atom stereocenters. The molecule has 6 heteroatoms. The van der Waals surface area contributed by atoms with Gasteiger partial charge in [0.2, 0.25) is 5.91 Å². The first-order chi connectivity index (χ1) is 11.6. The number of hydrogen-bond donors (Lipinski definition) is 1. The molecule has 130 valence electrons. The predicted octanol–water partition coefficient (Wildman–Crippen LogP) is 3.64. The molecule has 2 aromatic rings. The lowest BCUT2D eigenvalue weighted by Gasteiger charge is -2.25. The number of aryl methyl sites for hydroxylation is 2. The van der Waals surface area contributed by atoms with E-state index in [0.717, 1.165) is 29.5 Å². The van der Waals surface area contributed by atoms with Crippen LogP contribution in [0.2, 0.25) is 0 Å². The number of rotatable bonds is 9. The van der Waals surface area contributed by atoms with Gasteiger partial charge < -0.3 is 10.2 Å². The molecule has 0 atom stereocenters. The fourth-order valence-corrected chi connectivity index (χ4v) is 3.94. The number of likely N-dealkylation sites (N-methyl/N-ethyl adjacent to an activating group) is 1. The van der Waals surface area contributed by atoms with E-state index in [1.807, 2.05) is 6.92 Å². The minimum atomic E-state index is 0.0905. The summed E-state index contributed by atoms with van der Waals surface area (Å²) in [5.74, 6) is 1.36. The molecule has 0 fully saturated rings. The summed E-state index contributed by atoms with van der Waals surface area (Å²) in [7, 11) is 0. The van der Waals surface area contributed by atoms with Crippen LogP contribution in [0.4, 0.5) is 5.69 Å². The number of amides is 1. The van der Waals surface area contributed by atoms with Gasteiger partial charge in [-0.3, -0.25) is 4.79 Å². The smallest absolute Gasteiger partial charge is 0.230 e. The maximum absolute atomic E-state index is 11.9. The van der Waals surface area contributed by atoms with Crippen molar-refractivity contribution in [1.82, 2.24) is 10.3 Å². The number of benzene rings is 1. The summed E-state index contributed by atoms with van der Waals surface area (Å²) in [6.07, 6.45) is 0. The Morgan fingerprint density at radius 2 is 2.12 bits per heavy atom. The molecule has 2 rings (SSSR count). The summed E-state index contributed by atoms with van der Waals surface area (Å²) in [4.78, 5) is 18.6. The van der Waals surface area contributed by atoms with Gasteiger partial charge in [-0.2, -0.15) is 0 Å². The van der Waals surface area contributed by atoms with Crippen molar-refractivity contribution in [3.8, 4) is 0 Å². The van der Waals surface area contributed by atoms with Crippen molar-refractivity contribution >= 4 is 34.7 Å². The molecule has 0 saturated heterocycles. The van der Waals surface area contributed by atoms with Crippen molar-refractivity contribution in [2.24, 2.45) is 0 Å². The number of thiazole rings is 1. The zero-order valence-corrected chi connectivity index (χ0v) is 16.2. The third kappa shape index (κ3) is 5.83. The van der Waals surface area contributed by atoms with Crippen LogP contribution in [0.25, 0.3) is 0 Å². The van der Waals surface area contributed by atoms with Gasteiger partial charge >= 0.3 is 0 Å². The average Bonchev–Trinajstić information content (AvgIpc) is 2.98. The molecule has 1 N–H and O–H groups in total. The van der Waals surface area contributed by atoms with E-state index in [1.165, 1.54) is 11.3 Å². The van der Waals surface area contributed by atoms with E-state index >= 15 is 0 Å². The summed E-state index contributed by atoms with van der Waals surface area (Å²) in [6, 6.07) is 8.36. The van der Waals surface area contributed by atoms with Crippen LogP contribution >= 0.6 is 23.1 Å². The summed E-state index contributed by atoms with van der Waals surface area (Å²) in [5, 5.41) is 6.14. The quantitative estimate of drug-likeness (QED) is 0.739. The first-order valence-electron chi connectivity index (χ1n) is 8.16. The third-order valence-electron chi connectivity index (χ3n) is 3.69. The lowest BCUT2D eigenvalue weighted by molar-refractivity contribution is -0.118. The Labute approximate surface area is 152 Å². The van der Waals surface area contributed by atoms with E-state index in [2.05, 4.69) is 58.7 Å².